The Labute approximate surface area is 147 Å². The Morgan fingerprint density at radius 1 is 1.09 bits per heavy atom. The maximum Gasteiger partial charge on any atom is 0.233 e. The van der Waals surface area contributed by atoms with Gasteiger partial charge in [0.15, 0.2) is 0 Å². The first-order valence-corrected chi connectivity index (χ1v) is 10.2. The highest BCUT2D eigenvalue weighted by molar-refractivity contribution is 14.1. The van der Waals surface area contributed by atoms with Crippen molar-refractivity contribution in [3.63, 3.8) is 0 Å². The Bertz CT molecular complexity index is 497. The molecule has 0 spiro atoms. The Balaban J connectivity index is 1.65. The molecule has 3 aliphatic carbocycles. The number of carbonyl (C=O) groups is 1. The molecule has 22 heavy (non-hydrogen) atoms. The molecular formula is C18H28INO2. The van der Waals surface area contributed by atoms with E-state index in [1.54, 1.807) is 0 Å². The lowest BCUT2D eigenvalue weighted by Gasteiger charge is -2.60. The maximum atomic E-state index is 12.1. The van der Waals surface area contributed by atoms with Crippen LogP contribution in [0.5, 0.6) is 0 Å². The van der Waals surface area contributed by atoms with E-state index in [2.05, 4.69) is 41.8 Å². The van der Waals surface area contributed by atoms with E-state index in [4.69, 9.17) is 0 Å². The molecule has 124 valence electrons. The summed E-state index contributed by atoms with van der Waals surface area (Å²) in [5, 5.41) is 13.8. The van der Waals surface area contributed by atoms with Crippen LogP contribution in [0.3, 0.4) is 0 Å². The van der Waals surface area contributed by atoms with Crippen molar-refractivity contribution in [2.75, 3.05) is 0 Å². The fourth-order valence-electron chi connectivity index (χ4n) is 6.70. The Morgan fingerprint density at radius 2 is 1.82 bits per heavy atom. The van der Waals surface area contributed by atoms with Crippen molar-refractivity contribution in [3.8, 4) is 0 Å². The number of carbonyl (C=O) groups excluding carboxylic acids is 1. The summed E-state index contributed by atoms with van der Waals surface area (Å²) < 4.78 is 0.125. The lowest BCUT2D eigenvalue weighted by atomic mass is 9.47. The minimum absolute atomic E-state index is 0.0904. The highest BCUT2D eigenvalue weighted by Crippen LogP contribution is 2.64. The van der Waals surface area contributed by atoms with Crippen molar-refractivity contribution >= 4 is 28.5 Å². The van der Waals surface area contributed by atoms with Crippen molar-refractivity contribution < 1.29 is 9.90 Å². The number of amides is 1. The normalized spacial score (nSPS) is 57.5. The minimum atomic E-state index is -0.0904. The van der Waals surface area contributed by atoms with Crippen LogP contribution in [-0.4, -0.2) is 27.1 Å². The SMILES string of the molecule is C[C@]12CC(I)C(=O)NC1CC[C@@H]1[C@H]2CC[C@]2(C)C(O)CC[C@@H]12. The van der Waals surface area contributed by atoms with Gasteiger partial charge in [-0.25, -0.2) is 0 Å². The van der Waals surface area contributed by atoms with E-state index in [0.29, 0.717) is 12.0 Å². The summed E-state index contributed by atoms with van der Waals surface area (Å²) >= 11 is 2.33. The number of hydrogen-bond donors (Lipinski definition) is 2. The predicted octanol–water partition coefficient (Wildman–Crippen LogP) is 3.28. The molecule has 4 heteroatoms. The first-order valence-electron chi connectivity index (χ1n) is 8.99. The molecular weight excluding hydrogens is 389 g/mol. The van der Waals surface area contributed by atoms with Gasteiger partial charge < -0.3 is 10.4 Å². The largest absolute Gasteiger partial charge is 0.393 e. The van der Waals surface area contributed by atoms with Crippen LogP contribution in [0.1, 0.15) is 58.8 Å². The van der Waals surface area contributed by atoms with Crippen LogP contribution in [0.15, 0.2) is 0 Å². The minimum Gasteiger partial charge on any atom is -0.393 e. The molecule has 0 aromatic carbocycles. The zero-order valence-electron chi connectivity index (χ0n) is 13.6. The van der Waals surface area contributed by atoms with Crippen molar-refractivity contribution in [1.29, 1.82) is 0 Å². The highest BCUT2D eigenvalue weighted by atomic mass is 127. The molecule has 4 aliphatic rings. The molecule has 4 rings (SSSR count). The molecule has 3 unspecified atom stereocenters. The predicted molar refractivity (Wildman–Crippen MR) is 94.7 cm³/mol. The average Bonchev–Trinajstić information content (AvgIpc) is 2.77. The molecule has 0 bridgehead atoms. The molecule has 8 atom stereocenters. The van der Waals surface area contributed by atoms with Crippen LogP contribution in [0.2, 0.25) is 0 Å². The van der Waals surface area contributed by atoms with E-state index in [0.717, 1.165) is 31.1 Å². The van der Waals surface area contributed by atoms with Crippen molar-refractivity contribution in [1.82, 2.24) is 5.32 Å². The molecule has 4 fully saturated rings. The standard InChI is InChI=1S/C18H28INO2/c1-17-8-7-12-10(11(17)4-6-15(17)21)3-5-14-18(12,2)9-13(19)16(22)20-14/h10-15,21H,3-9H2,1-2H3,(H,20,22)/t10-,11-,12+,13?,14?,15?,17-,18+/m0/s1. The highest BCUT2D eigenvalue weighted by Gasteiger charge is 2.60. The van der Waals surface area contributed by atoms with Gasteiger partial charge in [0.05, 0.1) is 10.0 Å². The van der Waals surface area contributed by atoms with Crippen LogP contribution in [-0.2, 0) is 4.79 Å². The smallest absolute Gasteiger partial charge is 0.233 e. The third kappa shape index (κ3) is 1.98. The van der Waals surface area contributed by atoms with Gasteiger partial charge >= 0.3 is 0 Å². The van der Waals surface area contributed by atoms with E-state index in [1.807, 2.05) is 0 Å². The molecule has 1 heterocycles. The Morgan fingerprint density at radius 3 is 2.59 bits per heavy atom. The second-order valence-electron chi connectivity index (χ2n) is 8.83. The average molecular weight is 417 g/mol. The molecule has 3 saturated carbocycles. The number of piperidine rings is 1. The van der Waals surface area contributed by atoms with Crippen LogP contribution in [0, 0.1) is 28.6 Å². The lowest BCUT2D eigenvalue weighted by Crippen LogP contribution is -2.63. The summed E-state index contributed by atoms with van der Waals surface area (Å²) in [7, 11) is 0. The van der Waals surface area contributed by atoms with Crippen molar-refractivity contribution in [2.24, 2.45) is 28.6 Å². The number of aliphatic hydroxyl groups excluding tert-OH is 1. The van der Waals surface area contributed by atoms with Gasteiger partial charge in [0.25, 0.3) is 0 Å². The van der Waals surface area contributed by atoms with Gasteiger partial charge in [-0.2, -0.15) is 0 Å². The summed E-state index contributed by atoms with van der Waals surface area (Å²) in [5.41, 5.74) is 0.420. The number of rotatable bonds is 0. The van der Waals surface area contributed by atoms with Gasteiger partial charge in [0.1, 0.15) is 0 Å². The first-order chi connectivity index (χ1) is 10.4. The van der Waals surface area contributed by atoms with Gasteiger partial charge in [-0.3, -0.25) is 4.79 Å². The summed E-state index contributed by atoms with van der Waals surface area (Å²) in [6.45, 7) is 4.78. The summed E-state index contributed by atoms with van der Waals surface area (Å²) in [5.74, 6) is 2.44. The Hall–Kier alpha value is 0.160. The maximum absolute atomic E-state index is 12.1. The zero-order chi connectivity index (χ0) is 15.7. The molecule has 0 radical (unpaired) electrons. The van der Waals surface area contributed by atoms with Gasteiger partial charge in [-0.1, -0.05) is 36.4 Å². The third-order valence-electron chi connectivity index (χ3n) is 8.04. The number of alkyl halides is 1. The summed E-state index contributed by atoms with van der Waals surface area (Å²) in [6, 6.07) is 0.378. The molecule has 3 nitrogen and oxygen atoms in total. The number of halogens is 1. The molecule has 2 N–H and O–H groups in total. The first kappa shape index (κ1) is 15.7. The van der Waals surface area contributed by atoms with E-state index < -0.39 is 0 Å². The second kappa shape index (κ2) is 5.08. The van der Waals surface area contributed by atoms with Gasteiger partial charge in [0.2, 0.25) is 5.91 Å². The third-order valence-corrected chi connectivity index (χ3v) is 9.04. The molecule has 1 aliphatic heterocycles. The quantitative estimate of drug-likeness (QED) is 0.470. The van der Waals surface area contributed by atoms with Crippen LogP contribution >= 0.6 is 22.6 Å². The van der Waals surface area contributed by atoms with Gasteiger partial charge in [-0.15, -0.1) is 0 Å². The lowest BCUT2D eigenvalue weighted by molar-refractivity contribution is -0.136. The Kier molecular flexibility index (Phi) is 3.62. The summed E-state index contributed by atoms with van der Waals surface area (Å²) in [6.07, 6.45) is 7.93. The number of fused-ring (bicyclic) bond motifs is 5. The van der Waals surface area contributed by atoms with Crippen LogP contribution in [0.25, 0.3) is 0 Å². The molecule has 0 aromatic heterocycles. The van der Waals surface area contributed by atoms with Gasteiger partial charge in [0, 0.05) is 6.04 Å². The number of hydrogen-bond acceptors (Lipinski definition) is 2. The number of nitrogens with one attached hydrogen (secondary N) is 1. The zero-order valence-corrected chi connectivity index (χ0v) is 15.8. The van der Waals surface area contributed by atoms with Crippen molar-refractivity contribution in [2.45, 2.75) is 74.9 Å². The number of aliphatic hydroxyl groups is 1. The van der Waals surface area contributed by atoms with E-state index >= 15 is 0 Å². The van der Waals surface area contributed by atoms with Crippen LogP contribution in [0.4, 0.5) is 0 Å². The van der Waals surface area contributed by atoms with E-state index in [1.165, 1.54) is 25.7 Å². The fourth-order valence-corrected chi connectivity index (χ4v) is 7.83. The van der Waals surface area contributed by atoms with Crippen molar-refractivity contribution in [3.05, 3.63) is 0 Å². The molecule has 0 aromatic rings. The van der Waals surface area contributed by atoms with E-state index in [9.17, 15) is 9.90 Å². The van der Waals surface area contributed by atoms with Crippen LogP contribution < -0.4 is 5.32 Å². The fraction of sp³-hybridized carbons (Fsp3) is 0.944. The molecule has 1 saturated heterocycles. The monoisotopic (exact) mass is 417 g/mol. The van der Waals surface area contributed by atoms with Gasteiger partial charge in [-0.05, 0) is 73.5 Å². The second-order valence-corrected chi connectivity index (χ2v) is 10.3. The topological polar surface area (TPSA) is 49.3 Å². The summed E-state index contributed by atoms with van der Waals surface area (Å²) in [4.78, 5) is 12.1. The molecule has 1 amide bonds. The van der Waals surface area contributed by atoms with E-state index in [-0.39, 0.29) is 26.8 Å².